The van der Waals surface area contributed by atoms with Gasteiger partial charge in [-0.1, -0.05) is 33.3 Å². The molecule has 2 rings (SSSR count). The fourth-order valence-corrected chi connectivity index (χ4v) is 3.38. The number of carbonyl (C=O) groups excluding carboxylic acids is 1. The van der Waals surface area contributed by atoms with E-state index in [1.807, 2.05) is 38.1 Å². The standard InChI is InChI=1S/C25H31BrN6O3/c1-16-12-19(26)11-10-18(16)14-21(13-17(2)23(28-6)31-32-27)34-15-20-8-7-9-22(29-20)30-24(33)35-25(3,4)5/h7-14H,15H2,1-6H3,(H2,27,28,31)(H,29,30,33)/b17-13-,21-14+. The van der Waals surface area contributed by atoms with Crippen molar-refractivity contribution in [2.24, 2.45) is 21.2 Å². The molecule has 10 heteroatoms. The van der Waals surface area contributed by atoms with E-state index in [9.17, 15) is 4.79 Å². The third-order valence-electron chi connectivity index (χ3n) is 4.43. The van der Waals surface area contributed by atoms with Gasteiger partial charge in [0.1, 0.15) is 23.8 Å². The molecule has 35 heavy (non-hydrogen) atoms. The van der Waals surface area contributed by atoms with E-state index in [0.717, 1.165) is 21.2 Å². The molecule has 0 saturated heterocycles. The molecule has 0 atom stereocenters. The first-order valence-corrected chi connectivity index (χ1v) is 11.6. The molecule has 0 saturated carbocycles. The maximum Gasteiger partial charge on any atom is 0.413 e. The van der Waals surface area contributed by atoms with Crippen LogP contribution in [0.5, 0.6) is 0 Å². The summed E-state index contributed by atoms with van der Waals surface area (Å²) in [5.74, 6) is 6.52. The van der Waals surface area contributed by atoms with E-state index in [1.54, 1.807) is 52.1 Å². The zero-order valence-corrected chi connectivity index (χ0v) is 22.4. The molecule has 0 aliphatic carbocycles. The molecular formula is C25H31BrN6O3. The van der Waals surface area contributed by atoms with Crippen LogP contribution in [0.2, 0.25) is 0 Å². The molecule has 9 nitrogen and oxygen atoms in total. The minimum atomic E-state index is -0.607. The third kappa shape index (κ3) is 9.70. The first-order chi connectivity index (χ1) is 16.5. The highest BCUT2D eigenvalue weighted by Crippen LogP contribution is 2.21. The van der Waals surface area contributed by atoms with E-state index >= 15 is 0 Å². The number of carbonyl (C=O) groups is 1. The lowest BCUT2D eigenvalue weighted by Gasteiger charge is -2.19. The lowest BCUT2D eigenvalue weighted by atomic mass is 10.1. The number of benzene rings is 1. The Morgan fingerprint density at radius 1 is 1.26 bits per heavy atom. The average molecular weight is 543 g/mol. The summed E-state index contributed by atoms with van der Waals surface area (Å²) >= 11 is 3.49. The van der Waals surface area contributed by atoms with Gasteiger partial charge in [0.25, 0.3) is 0 Å². The Hall–Kier alpha value is -3.53. The molecular weight excluding hydrogens is 512 g/mol. The maximum absolute atomic E-state index is 12.1. The Labute approximate surface area is 214 Å². The Bertz CT molecular complexity index is 1170. The molecule has 0 spiro atoms. The van der Waals surface area contributed by atoms with Crippen LogP contribution in [0.15, 0.2) is 73.6 Å². The Morgan fingerprint density at radius 2 is 2.00 bits per heavy atom. The molecule has 3 N–H and O–H groups in total. The highest BCUT2D eigenvalue weighted by atomic mass is 79.9. The van der Waals surface area contributed by atoms with Gasteiger partial charge < -0.3 is 15.3 Å². The Kier molecular flexibility index (Phi) is 10.1. The highest BCUT2D eigenvalue weighted by Gasteiger charge is 2.16. The van der Waals surface area contributed by atoms with Crippen LogP contribution in [-0.4, -0.2) is 29.6 Å². The summed E-state index contributed by atoms with van der Waals surface area (Å²) < 4.78 is 12.4. The summed E-state index contributed by atoms with van der Waals surface area (Å²) in [7, 11) is 1.61. The van der Waals surface area contributed by atoms with Crippen molar-refractivity contribution in [2.45, 2.75) is 46.8 Å². The van der Waals surface area contributed by atoms with Gasteiger partial charge in [0.2, 0.25) is 0 Å². The number of allylic oxidation sites excluding steroid dienone is 1. The summed E-state index contributed by atoms with van der Waals surface area (Å²) in [5.41, 5.74) is 2.78. The molecule has 0 aliphatic rings. The van der Waals surface area contributed by atoms with Gasteiger partial charge >= 0.3 is 6.09 Å². The average Bonchev–Trinajstić information content (AvgIpc) is 2.76. The number of nitrogens with zero attached hydrogens (tertiary/aromatic N) is 4. The number of hydrogen-bond acceptors (Lipinski definition) is 6. The molecule has 1 aromatic carbocycles. The Morgan fingerprint density at radius 3 is 2.63 bits per heavy atom. The minimum Gasteiger partial charge on any atom is -0.487 e. The van der Waals surface area contributed by atoms with Crippen molar-refractivity contribution in [3.8, 4) is 0 Å². The lowest BCUT2D eigenvalue weighted by molar-refractivity contribution is 0.0635. The van der Waals surface area contributed by atoms with E-state index in [-0.39, 0.29) is 6.61 Å². The predicted octanol–water partition coefficient (Wildman–Crippen LogP) is 6.36. The Balaban J connectivity index is 2.29. The van der Waals surface area contributed by atoms with Gasteiger partial charge in [-0.15, -0.1) is 5.11 Å². The van der Waals surface area contributed by atoms with E-state index in [2.05, 4.69) is 41.6 Å². The first kappa shape index (κ1) is 27.7. The van der Waals surface area contributed by atoms with Crippen LogP contribution in [0.25, 0.3) is 6.08 Å². The van der Waals surface area contributed by atoms with Crippen molar-refractivity contribution in [1.82, 2.24) is 4.98 Å². The number of anilines is 1. The van der Waals surface area contributed by atoms with Crippen LogP contribution in [0, 0.1) is 6.92 Å². The predicted molar refractivity (Wildman–Crippen MR) is 142 cm³/mol. The number of rotatable bonds is 7. The molecule has 186 valence electrons. The van der Waals surface area contributed by atoms with Crippen molar-refractivity contribution in [3.63, 3.8) is 0 Å². The molecule has 0 radical (unpaired) electrons. The second-order valence-electron chi connectivity index (χ2n) is 8.57. The van der Waals surface area contributed by atoms with Gasteiger partial charge in [0, 0.05) is 11.5 Å². The van der Waals surface area contributed by atoms with Crippen molar-refractivity contribution >= 4 is 39.8 Å². The summed E-state index contributed by atoms with van der Waals surface area (Å²) in [6.45, 7) is 9.40. The number of aryl methyl sites for hydroxylation is 1. The number of pyridine rings is 1. The molecule has 0 fully saturated rings. The van der Waals surface area contributed by atoms with Crippen molar-refractivity contribution in [1.29, 1.82) is 0 Å². The van der Waals surface area contributed by atoms with E-state index < -0.39 is 11.7 Å². The number of hydrogen-bond donors (Lipinski definition) is 2. The van der Waals surface area contributed by atoms with E-state index in [1.165, 1.54) is 0 Å². The summed E-state index contributed by atoms with van der Waals surface area (Å²) in [4.78, 5) is 20.6. The number of aliphatic imine (C=N–C) groups is 1. The lowest BCUT2D eigenvalue weighted by Crippen LogP contribution is -2.27. The molecule has 1 aromatic heterocycles. The summed E-state index contributed by atoms with van der Waals surface area (Å²) in [6.07, 6.45) is 3.15. The van der Waals surface area contributed by atoms with Crippen LogP contribution in [0.1, 0.15) is 44.5 Å². The van der Waals surface area contributed by atoms with Gasteiger partial charge in [-0.25, -0.2) is 9.78 Å². The summed E-state index contributed by atoms with van der Waals surface area (Å²) in [5, 5.41) is 9.81. The molecule has 0 bridgehead atoms. The van der Waals surface area contributed by atoms with Gasteiger partial charge in [-0.2, -0.15) is 0 Å². The topological polar surface area (TPSA) is 124 Å². The second-order valence-corrected chi connectivity index (χ2v) is 9.48. The number of amides is 1. The third-order valence-corrected chi connectivity index (χ3v) is 4.92. The molecule has 0 unspecified atom stereocenters. The quantitative estimate of drug-likeness (QED) is 0.0800. The van der Waals surface area contributed by atoms with E-state index in [4.69, 9.17) is 15.3 Å². The SMILES string of the molecule is CN=C(N=NN)/C(C)=C\C(=C/c1ccc(Br)cc1C)OCc1cccc(NC(=O)OC(C)(C)C)n1. The number of aromatic nitrogens is 1. The fraction of sp³-hybridized carbons (Fsp3) is 0.320. The van der Waals surface area contributed by atoms with Crippen LogP contribution >= 0.6 is 15.9 Å². The van der Waals surface area contributed by atoms with Crippen LogP contribution < -0.4 is 11.2 Å². The van der Waals surface area contributed by atoms with Crippen molar-refractivity contribution in [2.75, 3.05) is 12.4 Å². The first-order valence-electron chi connectivity index (χ1n) is 10.8. The van der Waals surface area contributed by atoms with Crippen LogP contribution in [0.4, 0.5) is 10.6 Å². The number of halogens is 1. The fourth-order valence-electron chi connectivity index (χ4n) is 2.91. The van der Waals surface area contributed by atoms with Crippen LogP contribution in [-0.2, 0) is 16.1 Å². The van der Waals surface area contributed by atoms with E-state index in [0.29, 0.717) is 23.1 Å². The van der Waals surface area contributed by atoms with Crippen molar-refractivity contribution in [3.05, 3.63) is 75.1 Å². The largest absolute Gasteiger partial charge is 0.487 e. The minimum absolute atomic E-state index is 0.159. The van der Waals surface area contributed by atoms with Crippen LogP contribution in [0.3, 0.4) is 0 Å². The van der Waals surface area contributed by atoms with Gasteiger partial charge in [-0.05, 0) is 87.7 Å². The van der Waals surface area contributed by atoms with Crippen molar-refractivity contribution < 1.29 is 14.3 Å². The number of ether oxygens (including phenoxy) is 2. The monoisotopic (exact) mass is 542 g/mol. The molecule has 0 aliphatic heterocycles. The normalized spacial score (nSPS) is 13.2. The van der Waals surface area contributed by atoms with Gasteiger partial charge in [-0.3, -0.25) is 10.3 Å². The number of amidine groups is 1. The summed E-state index contributed by atoms with van der Waals surface area (Å²) in [6, 6.07) is 11.2. The molecule has 1 heterocycles. The maximum atomic E-state index is 12.1. The number of nitrogens with two attached hydrogens (primary N) is 1. The number of nitrogens with one attached hydrogen (secondary N) is 1. The molecule has 1 amide bonds. The van der Waals surface area contributed by atoms with Gasteiger partial charge in [0.05, 0.1) is 5.69 Å². The zero-order valence-electron chi connectivity index (χ0n) is 20.8. The van der Waals surface area contributed by atoms with Gasteiger partial charge in [0.15, 0.2) is 5.84 Å². The highest BCUT2D eigenvalue weighted by molar-refractivity contribution is 9.10. The second kappa shape index (κ2) is 12.8. The smallest absolute Gasteiger partial charge is 0.413 e. The molecule has 2 aromatic rings. The zero-order chi connectivity index (χ0) is 26.0.